The van der Waals surface area contributed by atoms with E-state index in [-0.39, 0.29) is 23.5 Å². The van der Waals surface area contributed by atoms with Gasteiger partial charge in [0.05, 0.1) is 0 Å². The molecule has 2 atom stereocenters. The minimum Gasteiger partial charge on any atom is -0.508 e. The molecule has 0 aromatic heterocycles. The monoisotopic (exact) mass is 539 g/mol. The Labute approximate surface area is 233 Å². The van der Waals surface area contributed by atoms with Gasteiger partial charge in [0.25, 0.3) is 0 Å². The van der Waals surface area contributed by atoms with Crippen molar-refractivity contribution >= 4 is 17.9 Å². The number of hydrogen-bond donors (Lipinski definition) is 3. The van der Waals surface area contributed by atoms with Crippen molar-refractivity contribution in [3.63, 3.8) is 0 Å². The number of aryl methyl sites for hydroxylation is 1. The summed E-state index contributed by atoms with van der Waals surface area (Å²) >= 11 is 0. The van der Waals surface area contributed by atoms with Gasteiger partial charge in [-0.05, 0) is 75.3 Å². The van der Waals surface area contributed by atoms with E-state index in [2.05, 4.69) is 10.6 Å². The molecule has 0 heterocycles. The summed E-state index contributed by atoms with van der Waals surface area (Å²) in [4.78, 5) is 42.2. The Morgan fingerprint density at radius 2 is 1.72 bits per heavy atom. The normalized spacial score (nSPS) is 12.9. The quantitative estimate of drug-likeness (QED) is 0.324. The third-order valence-corrected chi connectivity index (χ3v) is 6.14. The maximum absolute atomic E-state index is 14.2. The average Bonchev–Trinajstić information content (AvgIpc) is 2.85. The Morgan fingerprint density at radius 3 is 2.28 bits per heavy atom. The molecule has 2 aromatic rings. The first kappa shape index (κ1) is 31.7. The van der Waals surface area contributed by atoms with E-state index in [9.17, 15) is 19.5 Å². The van der Waals surface area contributed by atoms with Gasteiger partial charge in [-0.2, -0.15) is 0 Å². The lowest BCUT2D eigenvalue weighted by molar-refractivity contribution is -0.143. The first-order valence-corrected chi connectivity index (χ1v) is 13.7. The first-order valence-electron chi connectivity index (χ1n) is 13.7. The molecule has 8 heteroatoms. The molecule has 0 fully saturated rings. The standard InChI is InChI=1S/C31H45N3O5/c1-8-9-17-34(29(37)25(18-21(2)3)33-30(38)39-31(5,6)7)27(24-15-16-26(35)22(4)19-24)28(36)32-20-23-13-11-10-12-14-23/h10-16,19,21,25,27,35H,8-9,17-18,20H2,1-7H3,(H,32,36)(H,33,38). The first-order chi connectivity index (χ1) is 18.3. The summed E-state index contributed by atoms with van der Waals surface area (Å²) in [7, 11) is 0. The smallest absolute Gasteiger partial charge is 0.408 e. The van der Waals surface area contributed by atoms with E-state index >= 15 is 0 Å². The van der Waals surface area contributed by atoms with E-state index in [0.717, 1.165) is 12.0 Å². The van der Waals surface area contributed by atoms with Crippen LogP contribution in [0.5, 0.6) is 5.75 Å². The lowest BCUT2D eigenvalue weighted by atomic mass is 9.97. The number of nitrogens with zero attached hydrogens (tertiary/aromatic N) is 1. The zero-order valence-electron chi connectivity index (χ0n) is 24.4. The molecule has 0 bridgehead atoms. The molecule has 214 valence electrons. The van der Waals surface area contributed by atoms with Crippen LogP contribution in [0.2, 0.25) is 0 Å². The number of rotatable bonds is 12. The van der Waals surface area contributed by atoms with Gasteiger partial charge in [0.1, 0.15) is 23.4 Å². The van der Waals surface area contributed by atoms with Crippen LogP contribution in [-0.2, 0) is 20.9 Å². The fourth-order valence-corrected chi connectivity index (χ4v) is 4.24. The van der Waals surface area contributed by atoms with Gasteiger partial charge in [0.15, 0.2) is 0 Å². The number of nitrogens with one attached hydrogen (secondary N) is 2. The number of aromatic hydroxyl groups is 1. The third kappa shape index (κ3) is 10.3. The van der Waals surface area contributed by atoms with Crippen molar-refractivity contribution in [3.8, 4) is 5.75 Å². The molecule has 39 heavy (non-hydrogen) atoms. The second kappa shape index (κ2) is 14.6. The zero-order chi connectivity index (χ0) is 29.2. The van der Waals surface area contributed by atoms with Crippen LogP contribution in [-0.4, -0.2) is 46.1 Å². The van der Waals surface area contributed by atoms with Gasteiger partial charge in [-0.1, -0.05) is 63.6 Å². The van der Waals surface area contributed by atoms with Crippen molar-refractivity contribution in [1.82, 2.24) is 15.5 Å². The molecule has 0 saturated carbocycles. The maximum Gasteiger partial charge on any atom is 0.408 e. The van der Waals surface area contributed by atoms with Gasteiger partial charge >= 0.3 is 6.09 Å². The van der Waals surface area contributed by atoms with Gasteiger partial charge < -0.3 is 25.4 Å². The minimum atomic E-state index is -0.956. The maximum atomic E-state index is 14.2. The summed E-state index contributed by atoms with van der Waals surface area (Å²) in [5.74, 6) is -0.483. The van der Waals surface area contributed by atoms with Crippen molar-refractivity contribution in [3.05, 3.63) is 65.2 Å². The average molecular weight is 540 g/mol. The minimum absolute atomic E-state index is 0.100. The topological polar surface area (TPSA) is 108 Å². The zero-order valence-corrected chi connectivity index (χ0v) is 24.4. The molecule has 0 aliphatic heterocycles. The highest BCUT2D eigenvalue weighted by atomic mass is 16.6. The van der Waals surface area contributed by atoms with E-state index in [1.165, 1.54) is 6.07 Å². The number of phenols is 1. The molecule has 2 rings (SSSR count). The molecule has 0 spiro atoms. The van der Waals surface area contributed by atoms with Crippen molar-refractivity contribution in [2.45, 2.75) is 92.0 Å². The fraction of sp³-hybridized carbons (Fsp3) is 0.516. The SMILES string of the molecule is CCCCN(C(=O)C(CC(C)C)NC(=O)OC(C)(C)C)C(C(=O)NCc1ccccc1)c1ccc(O)c(C)c1. The lowest BCUT2D eigenvalue weighted by Crippen LogP contribution is -2.53. The summed E-state index contributed by atoms with van der Waals surface area (Å²) in [5, 5.41) is 15.9. The largest absolute Gasteiger partial charge is 0.508 e. The summed E-state index contributed by atoms with van der Waals surface area (Å²) < 4.78 is 5.44. The summed E-state index contributed by atoms with van der Waals surface area (Å²) in [5.41, 5.74) is 1.39. The summed E-state index contributed by atoms with van der Waals surface area (Å²) in [6, 6.07) is 12.7. The number of benzene rings is 2. The van der Waals surface area contributed by atoms with Crippen molar-refractivity contribution in [1.29, 1.82) is 0 Å². The second-order valence-electron chi connectivity index (χ2n) is 11.4. The van der Waals surface area contributed by atoms with E-state index in [1.54, 1.807) is 44.7 Å². The second-order valence-corrected chi connectivity index (χ2v) is 11.4. The molecule has 0 radical (unpaired) electrons. The highest BCUT2D eigenvalue weighted by molar-refractivity contribution is 5.92. The molecular formula is C31H45N3O5. The van der Waals surface area contributed by atoms with Crippen LogP contribution in [0.1, 0.15) is 83.5 Å². The number of ether oxygens (including phenoxy) is 1. The van der Waals surface area contributed by atoms with Crippen molar-refractivity contribution < 1.29 is 24.2 Å². The van der Waals surface area contributed by atoms with Crippen LogP contribution in [0.15, 0.2) is 48.5 Å². The van der Waals surface area contributed by atoms with Crippen LogP contribution in [0.25, 0.3) is 0 Å². The van der Waals surface area contributed by atoms with Gasteiger partial charge in [0.2, 0.25) is 11.8 Å². The number of hydrogen-bond acceptors (Lipinski definition) is 5. The molecule has 3 amide bonds. The molecule has 8 nitrogen and oxygen atoms in total. The highest BCUT2D eigenvalue weighted by Crippen LogP contribution is 2.28. The number of alkyl carbamates (subject to hydrolysis) is 1. The van der Waals surface area contributed by atoms with Crippen molar-refractivity contribution in [2.75, 3.05) is 6.54 Å². The van der Waals surface area contributed by atoms with Crippen molar-refractivity contribution in [2.24, 2.45) is 5.92 Å². The number of carbonyl (C=O) groups excluding carboxylic acids is 3. The van der Waals surface area contributed by atoms with Gasteiger partial charge in [0, 0.05) is 13.1 Å². The molecular weight excluding hydrogens is 494 g/mol. The summed E-state index contributed by atoms with van der Waals surface area (Å²) in [6.07, 6.45) is 1.19. The van der Waals surface area contributed by atoms with Crippen LogP contribution in [0, 0.1) is 12.8 Å². The number of amides is 3. The predicted octanol–water partition coefficient (Wildman–Crippen LogP) is 5.63. The van der Waals surface area contributed by atoms with Crippen LogP contribution in [0.4, 0.5) is 4.79 Å². The Bertz CT molecular complexity index is 1100. The van der Waals surface area contributed by atoms with Crippen LogP contribution >= 0.6 is 0 Å². The predicted molar refractivity (Wildman–Crippen MR) is 153 cm³/mol. The van der Waals surface area contributed by atoms with Gasteiger partial charge in [-0.15, -0.1) is 0 Å². The van der Waals surface area contributed by atoms with Crippen LogP contribution < -0.4 is 10.6 Å². The van der Waals surface area contributed by atoms with E-state index in [0.29, 0.717) is 37.1 Å². The van der Waals surface area contributed by atoms with E-state index in [1.807, 2.05) is 51.1 Å². The Balaban J connectivity index is 2.49. The van der Waals surface area contributed by atoms with E-state index < -0.39 is 23.8 Å². The number of unbranched alkanes of at least 4 members (excludes halogenated alkanes) is 1. The van der Waals surface area contributed by atoms with Gasteiger partial charge in [-0.3, -0.25) is 9.59 Å². The lowest BCUT2D eigenvalue weighted by Gasteiger charge is -2.35. The van der Waals surface area contributed by atoms with E-state index in [4.69, 9.17) is 4.74 Å². The Morgan fingerprint density at radius 1 is 1.05 bits per heavy atom. The Hall–Kier alpha value is -3.55. The molecule has 2 aromatic carbocycles. The molecule has 0 aliphatic carbocycles. The Kier molecular flexibility index (Phi) is 11.8. The number of phenolic OH excluding ortho intramolecular Hbond substituents is 1. The molecule has 2 unspecified atom stereocenters. The van der Waals surface area contributed by atoms with Gasteiger partial charge in [-0.25, -0.2) is 4.79 Å². The third-order valence-electron chi connectivity index (χ3n) is 6.14. The summed E-state index contributed by atoms with van der Waals surface area (Å²) in [6.45, 7) is 13.6. The number of carbonyl (C=O) groups is 3. The van der Waals surface area contributed by atoms with Crippen LogP contribution in [0.3, 0.4) is 0 Å². The fourth-order valence-electron chi connectivity index (χ4n) is 4.24. The molecule has 0 saturated heterocycles. The highest BCUT2D eigenvalue weighted by Gasteiger charge is 2.36. The molecule has 3 N–H and O–H groups in total. The molecule has 0 aliphatic rings.